The van der Waals surface area contributed by atoms with E-state index >= 15 is 0 Å². The summed E-state index contributed by atoms with van der Waals surface area (Å²) >= 11 is 0. The molecular formula is C26H23N5O2. The molecule has 7 nitrogen and oxygen atoms in total. The number of nitrogens with one attached hydrogen (secondary N) is 2. The van der Waals surface area contributed by atoms with Crippen LogP contribution in [0.25, 0.3) is 0 Å². The molecule has 3 aromatic rings. The van der Waals surface area contributed by atoms with Crippen molar-refractivity contribution in [3.05, 3.63) is 94.1 Å². The predicted molar refractivity (Wildman–Crippen MR) is 124 cm³/mol. The van der Waals surface area contributed by atoms with Crippen LogP contribution in [0.4, 0.5) is 0 Å². The van der Waals surface area contributed by atoms with Crippen molar-refractivity contribution in [1.29, 1.82) is 5.26 Å². The van der Waals surface area contributed by atoms with E-state index in [9.17, 15) is 9.59 Å². The molecule has 0 atom stereocenters. The third-order valence-electron chi connectivity index (χ3n) is 4.94. The van der Waals surface area contributed by atoms with E-state index in [0.29, 0.717) is 12.1 Å². The van der Waals surface area contributed by atoms with Gasteiger partial charge in [-0.3, -0.25) is 9.59 Å². The third-order valence-corrected chi connectivity index (χ3v) is 4.94. The van der Waals surface area contributed by atoms with Gasteiger partial charge in [-0.2, -0.15) is 5.26 Å². The van der Waals surface area contributed by atoms with E-state index in [-0.39, 0.29) is 17.9 Å². The zero-order valence-corrected chi connectivity index (χ0v) is 18.5. The quantitative estimate of drug-likeness (QED) is 0.552. The highest BCUT2D eigenvalue weighted by molar-refractivity contribution is 5.97. The monoisotopic (exact) mass is 437 g/mol. The fourth-order valence-electron chi connectivity index (χ4n) is 3.25. The molecule has 2 amide bonds. The lowest BCUT2D eigenvalue weighted by atomic mass is 10.0. The summed E-state index contributed by atoms with van der Waals surface area (Å²) in [6, 6.07) is 16.4. The van der Waals surface area contributed by atoms with Gasteiger partial charge in [0.1, 0.15) is 17.7 Å². The molecule has 0 aliphatic heterocycles. The van der Waals surface area contributed by atoms with Crippen LogP contribution in [0.15, 0.2) is 54.9 Å². The molecule has 0 unspecified atom stereocenters. The minimum Gasteiger partial charge on any atom is -0.347 e. The van der Waals surface area contributed by atoms with Crippen molar-refractivity contribution in [2.24, 2.45) is 0 Å². The Balaban J connectivity index is 1.63. The van der Waals surface area contributed by atoms with Gasteiger partial charge in [0, 0.05) is 24.7 Å². The van der Waals surface area contributed by atoms with Crippen molar-refractivity contribution >= 4 is 11.8 Å². The molecule has 0 aliphatic carbocycles. The van der Waals surface area contributed by atoms with Gasteiger partial charge in [-0.15, -0.1) is 5.92 Å². The number of benzene rings is 2. The number of aryl methyl sites for hydroxylation is 1. The Morgan fingerprint density at radius 1 is 0.909 bits per heavy atom. The van der Waals surface area contributed by atoms with Gasteiger partial charge >= 0.3 is 0 Å². The number of hydrogen-bond donors (Lipinski definition) is 2. The number of carbonyl (C=O) groups excluding carboxylic acids is 2. The summed E-state index contributed by atoms with van der Waals surface area (Å²) in [5.41, 5.74) is 4.48. The van der Waals surface area contributed by atoms with Gasteiger partial charge in [-0.25, -0.2) is 9.97 Å². The van der Waals surface area contributed by atoms with E-state index in [1.165, 1.54) is 12.4 Å². The molecule has 7 heteroatoms. The van der Waals surface area contributed by atoms with E-state index in [4.69, 9.17) is 5.26 Å². The van der Waals surface area contributed by atoms with Crippen molar-refractivity contribution in [2.75, 3.05) is 0 Å². The average molecular weight is 438 g/mol. The van der Waals surface area contributed by atoms with Crippen LogP contribution >= 0.6 is 0 Å². The van der Waals surface area contributed by atoms with Crippen LogP contribution in [0.1, 0.15) is 62.6 Å². The van der Waals surface area contributed by atoms with E-state index in [0.717, 1.165) is 28.7 Å². The van der Waals surface area contributed by atoms with Crippen LogP contribution in [-0.2, 0) is 19.5 Å². The summed E-state index contributed by atoms with van der Waals surface area (Å²) in [4.78, 5) is 33.1. The third kappa shape index (κ3) is 6.25. The number of rotatable bonds is 7. The zero-order chi connectivity index (χ0) is 23.6. The van der Waals surface area contributed by atoms with Crippen LogP contribution in [0.2, 0.25) is 0 Å². The molecule has 33 heavy (non-hydrogen) atoms. The Hall–Kier alpha value is -4.49. The Bertz CT molecular complexity index is 1280. The Morgan fingerprint density at radius 3 is 2.30 bits per heavy atom. The summed E-state index contributed by atoms with van der Waals surface area (Å²) in [5.74, 6) is 5.01. The molecular weight excluding hydrogens is 414 g/mol. The maximum absolute atomic E-state index is 12.6. The number of hydrogen-bond acceptors (Lipinski definition) is 5. The van der Waals surface area contributed by atoms with Gasteiger partial charge in [0.25, 0.3) is 11.8 Å². The summed E-state index contributed by atoms with van der Waals surface area (Å²) in [5, 5.41) is 14.7. The minimum absolute atomic E-state index is 0.0991. The molecule has 0 fully saturated rings. The van der Waals surface area contributed by atoms with Crippen molar-refractivity contribution in [2.45, 2.75) is 33.4 Å². The molecule has 3 rings (SSSR count). The number of nitriles is 1. The molecule has 0 bridgehead atoms. The maximum atomic E-state index is 12.6. The maximum Gasteiger partial charge on any atom is 0.270 e. The van der Waals surface area contributed by atoms with Crippen LogP contribution in [0, 0.1) is 23.2 Å². The Morgan fingerprint density at radius 2 is 1.64 bits per heavy atom. The molecule has 2 N–H and O–H groups in total. The fourth-order valence-corrected chi connectivity index (χ4v) is 3.25. The standard InChI is InChI=1S/C26H23N5O2/c1-3-6-18-7-5-8-20(11-18)15-28-25(32)23-13-24(31-17-30-23)26(33)29-16-22-10-9-19(14-27)12-21(22)4-2/h5,7-13,17H,4,15-16H2,1-2H3,(H,28,32)(H,29,33). The highest BCUT2D eigenvalue weighted by atomic mass is 16.2. The molecule has 0 saturated heterocycles. The highest BCUT2D eigenvalue weighted by Crippen LogP contribution is 2.13. The van der Waals surface area contributed by atoms with Gasteiger partial charge < -0.3 is 10.6 Å². The summed E-state index contributed by atoms with van der Waals surface area (Å²) in [6.45, 7) is 4.35. The SMILES string of the molecule is CC#Cc1cccc(CNC(=O)c2cc(C(=O)NCc3ccc(C#N)cc3CC)ncn2)c1. The molecule has 1 heterocycles. The average Bonchev–Trinajstić information content (AvgIpc) is 2.86. The van der Waals surface area contributed by atoms with Gasteiger partial charge in [-0.1, -0.05) is 31.0 Å². The molecule has 0 aliphatic rings. The summed E-state index contributed by atoms with van der Waals surface area (Å²) in [7, 11) is 0. The van der Waals surface area contributed by atoms with E-state index in [1.807, 2.05) is 43.3 Å². The van der Waals surface area contributed by atoms with E-state index in [1.54, 1.807) is 13.0 Å². The molecule has 2 aromatic carbocycles. The van der Waals surface area contributed by atoms with E-state index < -0.39 is 11.8 Å². The minimum atomic E-state index is -0.413. The molecule has 164 valence electrons. The fraction of sp³-hybridized carbons (Fsp3) is 0.192. The molecule has 0 spiro atoms. The summed E-state index contributed by atoms with van der Waals surface area (Å²) in [6.07, 6.45) is 1.94. The van der Waals surface area contributed by atoms with Crippen LogP contribution in [0.5, 0.6) is 0 Å². The van der Waals surface area contributed by atoms with Gasteiger partial charge in [-0.05, 0) is 54.3 Å². The zero-order valence-electron chi connectivity index (χ0n) is 18.5. The van der Waals surface area contributed by atoms with Crippen molar-refractivity contribution in [1.82, 2.24) is 20.6 Å². The lowest BCUT2D eigenvalue weighted by molar-refractivity contribution is 0.0944. The Labute approximate surface area is 192 Å². The van der Waals surface area contributed by atoms with E-state index in [2.05, 4.69) is 38.5 Å². The molecule has 0 radical (unpaired) electrons. The first-order valence-corrected chi connectivity index (χ1v) is 10.5. The second-order valence-electron chi connectivity index (χ2n) is 7.18. The number of carbonyl (C=O) groups is 2. The second-order valence-corrected chi connectivity index (χ2v) is 7.18. The highest BCUT2D eigenvalue weighted by Gasteiger charge is 2.14. The number of aromatic nitrogens is 2. The lowest BCUT2D eigenvalue weighted by Crippen LogP contribution is -2.27. The van der Waals surface area contributed by atoms with Crippen molar-refractivity contribution in [3.63, 3.8) is 0 Å². The normalized spacial score (nSPS) is 9.85. The first-order valence-electron chi connectivity index (χ1n) is 10.5. The summed E-state index contributed by atoms with van der Waals surface area (Å²) < 4.78 is 0. The molecule has 1 aromatic heterocycles. The lowest BCUT2D eigenvalue weighted by Gasteiger charge is -2.10. The van der Waals surface area contributed by atoms with Gasteiger partial charge in [0.2, 0.25) is 0 Å². The van der Waals surface area contributed by atoms with Crippen LogP contribution < -0.4 is 10.6 Å². The Kier molecular flexibility index (Phi) is 7.88. The number of nitrogens with zero attached hydrogens (tertiary/aromatic N) is 3. The van der Waals surface area contributed by atoms with Gasteiger partial charge in [0.15, 0.2) is 0 Å². The topological polar surface area (TPSA) is 108 Å². The predicted octanol–water partition coefficient (Wildman–Crippen LogP) is 3.14. The largest absolute Gasteiger partial charge is 0.347 e. The second kappa shape index (κ2) is 11.2. The molecule has 0 saturated carbocycles. The first-order chi connectivity index (χ1) is 16.0. The van der Waals surface area contributed by atoms with Crippen LogP contribution in [0.3, 0.4) is 0 Å². The first kappa shape index (κ1) is 23.2. The van der Waals surface area contributed by atoms with Crippen LogP contribution in [-0.4, -0.2) is 21.8 Å². The van der Waals surface area contributed by atoms with Crippen molar-refractivity contribution in [3.8, 4) is 17.9 Å². The van der Waals surface area contributed by atoms with Gasteiger partial charge in [0.05, 0.1) is 11.6 Å². The van der Waals surface area contributed by atoms with Crippen molar-refractivity contribution < 1.29 is 9.59 Å². The number of amides is 2. The smallest absolute Gasteiger partial charge is 0.270 e.